The molecular weight excluding hydrogens is 354 g/mol. The number of nitrogens with zero attached hydrogens (tertiary/aromatic N) is 3. The molecule has 1 aliphatic heterocycles. The molecule has 1 heterocycles. The molecule has 1 saturated heterocycles. The standard InChI is InChI=1S/C14H19N3O9/c1-6(18)12(22)10(5-25-9(4)21)26-11(16-17-15)13(23,7(2)19)14(12,24)8(3)20/h10-11,22-24H,5H2,1-4H3/t10-,11?,12-,13+,14+/m1/s1. The molecule has 12 nitrogen and oxygen atoms in total. The number of azide groups is 1. The lowest BCUT2D eigenvalue weighted by Crippen LogP contribution is -2.86. The van der Waals surface area contributed by atoms with E-state index in [1.165, 1.54) is 0 Å². The van der Waals surface area contributed by atoms with E-state index in [9.17, 15) is 34.5 Å². The number of esters is 1. The van der Waals surface area contributed by atoms with Gasteiger partial charge in [-0.3, -0.25) is 19.2 Å². The van der Waals surface area contributed by atoms with Crippen LogP contribution >= 0.6 is 0 Å². The summed E-state index contributed by atoms with van der Waals surface area (Å²) in [5, 5.41) is 35.7. The minimum atomic E-state index is -3.44. The summed E-state index contributed by atoms with van der Waals surface area (Å²) in [5.74, 6) is -4.79. The Morgan fingerprint density at radius 2 is 1.54 bits per heavy atom. The van der Waals surface area contributed by atoms with Crippen molar-refractivity contribution in [3.05, 3.63) is 10.4 Å². The van der Waals surface area contributed by atoms with Crippen molar-refractivity contribution in [1.82, 2.24) is 0 Å². The maximum absolute atomic E-state index is 12.2. The van der Waals surface area contributed by atoms with Crippen LogP contribution in [0, 0.1) is 0 Å². The molecule has 12 heteroatoms. The summed E-state index contributed by atoms with van der Waals surface area (Å²) in [6, 6.07) is 0. The van der Waals surface area contributed by atoms with Crippen LogP contribution in [0.2, 0.25) is 0 Å². The molecule has 0 aromatic carbocycles. The van der Waals surface area contributed by atoms with Crippen LogP contribution in [0.15, 0.2) is 5.11 Å². The first-order chi connectivity index (χ1) is 11.8. The Hall–Kier alpha value is -2.37. The van der Waals surface area contributed by atoms with Gasteiger partial charge < -0.3 is 24.8 Å². The third kappa shape index (κ3) is 2.77. The molecule has 1 fully saturated rings. The largest absolute Gasteiger partial charge is 0.463 e. The Morgan fingerprint density at radius 1 is 1.04 bits per heavy atom. The number of carbonyl (C=O) groups excluding carboxylic acids is 4. The summed E-state index contributed by atoms with van der Waals surface area (Å²) >= 11 is 0. The first-order valence-electron chi connectivity index (χ1n) is 7.35. The normalized spacial score (nSPS) is 36.6. The van der Waals surface area contributed by atoms with E-state index in [1.54, 1.807) is 0 Å². The molecule has 3 N–H and O–H groups in total. The molecule has 144 valence electrons. The molecule has 1 unspecified atom stereocenters. The second-order valence-corrected chi connectivity index (χ2v) is 5.90. The van der Waals surface area contributed by atoms with Crippen molar-refractivity contribution in [2.75, 3.05) is 6.61 Å². The monoisotopic (exact) mass is 373 g/mol. The zero-order chi connectivity index (χ0) is 20.5. The van der Waals surface area contributed by atoms with E-state index in [0.717, 1.165) is 20.8 Å². The molecule has 1 aliphatic rings. The number of ether oxygens (including phenoxy) is 2. The summed E-state index contributed by atoms with van der Waals surface area (Å²) in [6.07, 6.45) is -4.12. The van der Waals surface area contributed by atoms with E-state index in [4.69, 9.17) is 10.3 Å². The average Bonchev–Trinajstić information content (AvgIpc) is 2.53. The molecule has 0 bridgehead atoms. The maximum Gasteiger partial charge on any atom is 0.302 e. The SMILES string of the molecule is CC(=O)OC[C@H]1OC(N=[N+]=[N-])[C@@](O)(C(C)=O)[C@](O)(C(C)=O)[C@@]1(O)C(C)=O. The number of ketones is 3. The van der Waals surface area contributed by atoms with Crippen molar-refractivity contribution in [2.45, 2.75) is 56.8 Å². The molecule has 0 aromatic rings. The van der Waals surface area contributed by atoms with Crippen LogP contribution in [-0.4, -0.2) is 74.4 Å². The summed E-state index contributed by atoms with van der Waals surface area (Å²) in [4.78, 5) is 49.9. The zero-order valence-electron chi connectivity index (χ0n) is 14.5. The summed E-state index contributed by atoms with van der Waals surface area (Å²) in [5.41, 5.74) is -1.25. The highest BCUT2D eigenvalue weighted by Gasteiger charge is 2.78. The van der Waals surface area contributed by atoms with Crippen molar-refractivity contribution >= 4 is 23.3 Å². The molecule has 0 spiro atoms. The van der Waals surface area contributed by atoms with Crippen LogP contribution in [-0.2, 0) is 28.7 Å². The van der Waals surface area contributed by atoms with Gasteiger partial charge in [0, 0.05) is 11.8 Å². The van der Waals surface area contributed by atoms with Crippen molar-refractivity contribution in [3.8, 4) is 0 Å². The van der Waals surface area contributed by atoms with Gasteiger partial charge in [0.2, 0.25) is 0 Å². The molecule has 1 rings (SSSR count). The van der Waals surface area contributed by atoms with Gasteiger partial charge in [0.05, 0.1) is 0 Å². The third-order valence-electron chi connectivity index (χ3n) is 4.40. The lowest BCUT2D eigenvalue weighted by Gasteiger charge is -2.56. The Morgan fingerprint density at radius 3 is 1.88 bits per heavy atom. The Bertz CT molecular complexity index is 704. The Labute approximate surface area is 147 Å². The predicted octanol–water partition coefficient (Wildman–Crippen LogP) is -1.45. The smallest absolute Gasteiger partial charge is 0.302 e. The van der Waals surface area contributed by atoms with E-state index in [-0.39, 0.29) is 0 Å². The zero-order valence-corrected chi connectivity index (χ0v) is 14.5. The number of hydrogen-bond donors (Lipinski definition) is 3. The molecule has 0 radical (unpaired) electrons. The van der Waals surface area contributed by atoms with Crippen LogP contribution < -0.4 is 0 Å². The summed E-state index contributed by atoms with van der Waals surface area (Å²) in [7, 11) is 0. The molecule has 26 heavy (non-hydrogen) atoms. The lowest BCUT2D eigenvalue weighted by molar-refractivity contribution is -0.320. The molecule has 0 amide bonds. The van der Waals surface area contributed by atoms with Gasteiger partial charge in [0.25, 0.3) is 0 Å². The van der Waals surface area contributed by atoms with Crippen molar-refractivity contribution in [1.29, 1.82) is 0 Å². The average molecular weight is 373 g/mol. The second kappa shape index (κ2) is 7.09. The number of rotatable bonds is 6. The van der Waals surface area contributed by atoms with Crippen molar-refractivity contribution in [3.63, 3.8) is 0 Å². The first-order valence-corrected chi connectivity index (χ1v) is 7.35. The van der Waals surface area contributed by atoms with Gasteiger partial charge in [-0.05, 0) is 26.3 Å². The van der Waals surface area contributed by atoms with E-state index in [1.807, 2.05) is 0 Å². The topological polar surface area (TPSA) is 196 Å². The van der Waals surface area contributed by atoms with E-state index >= 15 is 0 Å². The Kier molecular flexibility index (Phi) is 5.91. The van der Waals surface area contributed by atoms with Gasteiger partial charge in [-0.1, -0.05) is 5.11 Å². The van der Waals surface area contributed by atoms with E-state index in [2.05, 4.69) is 14.8 Å². The highest BCUT2D eigenvalue weighted by atomic mass is 16.6. The van der Waals surface area contributed by atoms with Gasteiger partial charge in [0.15, 0.2) is 40.4 Å². The van der Waals surface area contributed by atoms with Gasteiger partial charge in [-0.2, -0.15) is 0 Å². The van der Waals surface area contributed by atoms with Crippen LogP contribution in [0.3, 0.4) is 0 Å². The fourth-order valence-electron chi connectivity index (χ4n) is 3.01. The molecule has 5 atom stereocenters. The van der Waals surface area contributed by atoms with Crippen LogP contribution in [0.4, 0.5) is 0 Å². The fourth-order valence-corrected chi connectivity index (χ4v) is 3.01. The minimum Gasteiger partial charge on any atom is -0.463 e. The first kappa shape index (κ1) is 21.7. The van der Waals surface area contributed by atoms with E-state index < -0.39 is 59.1 Å². The molecule has 0 aliphatic carbocycles. The molecular formula is C14H19N3O9. The highest BCUT2D eigenvalue weighted by molar-refractivity contribution is 6.05. The lowest BCUT2D eigenvalue weighted by atomic mass is 9.60. The number of hydrogen-bond acceptors (Lipinski definition) is 10. The summed E-state index contributed by atoms with van der Waals surface area (Å²) < 4.78 is 9.78. The number of carbonyl (C=O) groups is 4. The summed E-state index contributed by atoms with van der Waals surface area (Å²) in [6.45, 7) is 2.38. The molecule has 0 saturated carbocycles. The van der Waals surface area contributed by atoms with E-state index in [0.29, 0.717) is 6.92 Å². The van der Waals surface area contributed by atoms with Crippen molar-refractivity contribution in [2.24, 2.45) is 5.11 Å². The number of Topliss-reactive ketones (excluding diaryl/α,β-unsaturated/α-hetero) is 3. The fraction of sp³-hybridized carbons (Fsp3) is 0.714. The predicted molar refractivity (Wildman–Crippen MR) is 81.3 cm³/mol. The van der Waals surface area contributed by atoms with Crippen LogP contribution in [0.5, 0.6) is 0 Å². The second-order valence-electron chi connectivity index (χ2n) is 5.90. The van der Waals surface area contributed by atoms with Crippen LogP contribution in [0.1, 0.15) is 27.7 Å². The highest BCUT2D eigenvalue weighted by Crippen LogP contribution is 2.47. The number of aliphatic hydroxyl groups is 3. The molecule has 0 aromatic heterocycles. The van der Waals surface area contributed by atoms with Gasteiger partial charge in [-0.15, -0.1) is 0 Å². The van der Waals surface area contributed by atoms with Crippen LogP contribution in [0.25, 0.3) is 10.4 Å². The van der Waals surface area contributed by atoms with Crippen molar-refractivity contribution < 1.29 is 44.0 Å². The maximum atomic E-state index is 12.2. The quantitative estimate of drug-likeness (QED) is 0.216. The van der Waals surface area contributed by atoms with Gasteiger partial charge in [0.1, 0.15) is 12.7 Å². The van der Waals surface area contributed by atoms with Gasteiger partial charge in [-0.25, -0.2) is 0 Å². The minimum absolute atomic E-state index is 0.711. The Balaban J connectivity index is 3.81. The van der Waals surface area contributed by atoms with Gasteiger partial charge >= 0.3 is 5.97 Å². The third-order valence-corrected chi connectivity index (χ3v) is 4.40.